The maximum absolute atomic E-state index is 8.70. The van der Waals surface area contributed by atoms with Gasteiger partial charge in [-0.05, 0) is 12.8 Å². The molecule has 0 saturated heterocycles. The van der Waals surface area contributed by atoms with Crippen molar-refractivity contribution in [3.05, 3.63) is 0 Å². The molecule has 70 valence electrons. The van der Waals surface area contributed by atoms with Gasteiger partial charge in [0.05, 0.1) is 30.2 Å². The zero-order valence-corrected chi connectivity index (χ0v) is 7.77. The van der Waals surface area contributed by atoms with E-state index in [1.54, 1.807) is 12.1 Å². The van der Waals surface area contributed by atoms with Gasteiger partial charge in [-0.25, -0.2) is 0 Å². The predicted molar refractivity (Wildman–Crippen MR) is 47.9 cm³/mol. The number of hydrogen-bond acceptors (Lipinski definition) is 4. The first-order chi connectivity index (χ1) is 6.79. The van der Waals surface area contributed by atoms with Gasteiger partial charge in [0.1, 0.15) is 5.92 Å². The zero-order valence-electron chi connectivity index (χ0n) is 7.77. The summed E-state index contributed by atoms with van der Waals surface area (Å²) >= 11 is 0. The number of nitriles is 4. The molecule has 4 heteroatoms. The van der Waals surface area contributed by atoms with Crippen LogP contribution < -0.4 is 0 Å². The monoisotopic (exact) mass is 186 g/mol. The molecule has 0 saturated carbocycles. The van der Waals surface area contributed by atoms with Crippen molar-refractivity contribution < 1.29 is 0 Å². The van der Waals surface area contributed by atoms with Crippen molar-refractivity contribution in [3.8, 4) is 24.3 Å². The minimum Gasteiger partial charge on any atom is -0.198 e. The molecule has 1 unspecified atom stereocenters. The Balaban J connectivity index is 3.96. The highest BCUT2D eigenvalue weighted by atomic mass is 14.4. The van der Waals surface area contributed by atoms with Gasteiger partial charge in [-0.2, -0.15) is 21.0 Å². The van der Waals surface area contributed by atoms with Crippen LogP contribution >= 0.6 is 0 Å². The Morgan fingerprint density at radius 2 is 1.50 bits per heavy atom. The van der Waals surface area contributed by atoms with E-state index >= 15 is 0 Å². The Bertz CT molecular complexity index is 306. The van der Waals surface area contributed by atoms with Crippen molar-refractivity contribution in [2.24, 2.45) is 11.8 Å². The standard InChI is InChI=1S/C10H10N4/c11-5-3-1-2-4-9(6-12)10(7-13)8-14/h9-10H,1-4H2. The fourth-order valence-electron chi connectivity index (χ4n) is 1.08. The number of unbranched alkanes of at least 4 members (excludes halogenated alkanes) is 2. The Hall–Kier alpha value is -2.04. The van der Waals surface area contributed by atoms with Crippen LogP contribution in [0.4, 0.5) is 0 Å². The van der Waals surface area contributed by atoms with Crippen LogP contribution in [0.3, 0.4) is 0 Å². The molecule has 1 atom stereocenters. The first-order valence-corrected chi connectivity index (χ1v) is 4.36. The summed E-state index contributed by atoms with van der Waals surface area (Å²) in [5.74, 6) is -1.37. The van der Waals surface area contributed by atoms with Crippen LogP contribution in [-0.4, -0.2) is 0 Å². The van der Waals surface area contributed by atoms with E-state index in [0.717, 1.165) is 6.42 Å². The lowest BCUT2D eigenvalue weighted by molar-refractivity contribution is 0.509. The number of nitrogens with zero attached hydrogens (tertiary/aromatic N) is 4. The highest BCUT2D eigenvalue weighted by molar-refractivity contribution is 5.08. The molecule has 0 spiro atoms. The molecule has 0 aliphatic heterocycles. The summed E-state index contributed by atoms with van der Waals surface area (Å²) in [5, 5.41) is 34.1. The summed E-state index contributed by atoms with van der Waals surface area (Å²) in [6, 6.07) is 7.55. The highest BCUT2D eigenvalue weighted by Gasteiger charge is 2.19. The van der Waals surface area contributed by atoms with Crippen LogP contribution in [0.1, 0.15) is 25.7 Å². The largest absolute Gasteiger partial charge is 0.198 e. The lowest BCUT2D eigenvalue weighted by atomic mass is 9.91. The van der Waals surface area contributed by atoms with Gasteiger partial charge >= 0.3 is 0 Å². The third-order valence-electron chi connectivity index (χ3n) is 1.90. The minimum atomic E-state index is -0.845. The van der Waals surface area contributed by atoms with Crippen molar-refractivity contribution in [1.29, 1.82) is 21.0 Å². The molecule has 0 aromatic carbocycles. The lowest BCUT2D eigenvalue weighted by Crippen LogP contribution is -2.09. The van der Waals surface area contributed by atoms with Gasteiger partial charge in [0.25, 0.3) is 0 Å². The van der Waals surface area contributed by atoms with Gasteiger partial charge in [-0.15, -0.1) is 0 Å². The fraction of sp³-hybridized carbons (Fsp3) is 0.600. The van der Waals surface area contributed by atoms with Crippen molar-refractivity contribution in [2.75, 3.05) is 0 Å². The molecule has 0 heterocycles. The van der Waals surface area contributed by atoms with Gasteiger partial charge in [0.2, 0.25) is 0 Å². The van der Waals surface area contributed by atoms with Gasteiger partial charge in [-0.3, -0.25) is 0 Å². The van der Waals surface area contributed by atoms with Crippen LogP contribution in [0.25, 0.3) is 0 Å². The molecule has 0 N–H and O–H groups in total. The minimum absolute atomic E-state index is 0.460. The van der Waals surface area contributed by atoms with E-state index in [4.69, 9.17) is 21.0 Å². The smallest absolute Gasteiger partial charge is 0.149 e. The van der Waals surface area contributed by atoms with Crippen molar-refractivity contribution >= 4 is 0 Å². The Morgan fingerprint density at radius 3 is 1.93 bits per heavy atom. The lowest BCUT2D eigenvalue weighted by Gasteiger charge is -2.06. The second-order valence-corrected chi connectivity index (χ2v) is 2.88. The first-order valence-electron chi connectivity index (χ1n) is 4.36. The molecule has 0 aromatic rings. The Morgan fingerprint density at radius 1 is 0.857 bits per heavy atom. The van der Waals surface area contributed by atoms with Crippen molar-refractivity contribution in [2.45, 2.75) is 25.7 Å². The molecule has 0 rings (SSSR count). The van der Waals surface area contributed by atoms with E-state index in [2.05, 4.69) is 0 Å². The third-order valence-corrected chi connectivity index (χ3v) is 1.90. The second kappa shape index (κ2) is 7.60. The molecular formula is C10H10N4. The van der Waals surface area contributed by atoms with E-state index in [9.17, 15) is 0 Å². The second-order valence-electron chi connectivity index (χ2n) is 2.88. The normalized spacial score (nSPS) is 10.6. The average Bonchev–Trinajstić information content (AvgIpc) is 2.23. The molecular weight excluding hydrogens is 176 g/mol. The van der Waals surface area contributed by atoms with Gasteiger partial charge in [-0.1, -0.05) is 6.42 Å². The van der Waals surface area contributed by atoms with E-state index in [0.29, 0.717) is 19.3 Å². The van der Waals surface area contributed by atoms with Gasteiger partial charge in [0.15, 0.2) is 0 Å². The van der Waals surface area contributed by atoms with E-state index in [-0.39, 0.29) is 0 Å². The molecule has 0 aliphatic rings. The highest BCUT2D eigenvalue weighted by Crippen LogP contribution is 2.17. The van der Waals surface area contributed by atoms with Crippen LogP contribution in [0.2, 0.25) is 0 Å². The maximum Gasteiger partial charge on any atom is 0.149 e. The fourth-order valence-corrected chi connectivity index (χ4v) is 1.08. The van der Waals surface area contributed by atoms with Gasteiger partial charge < -0.3 is 0 Å². The maximum atomic E-state index is 8.70. The molecule has 14 heavy (non-hydrogen) atoms. The zero-order chi connectivity index (χ0) is 10.8. The third kappa shape index (κ3) is 4.10. The quantitative estimate of drug-likeness (QED) is 0.612. The number of rotatable bonds is 5. The van der Waals surface area contributed by atoms with Crippen LogP contribution in [0.15, 0.2) is 0 Å². The summed E-state index contributed by atoms with van der Waals surface area (Å²) in [6.07, 6.45) is 2.41. The van der Waals surface area contributed by atoms with Crippen LogP contribution in [-0.2, 0) is 0 Å². The summed E-state index contributed by atoms with van der Waals surface area (Å²) in [6.45, 7) is 0. The summed E-state index contributed by atoms with van der Waals surface area (Å²) in [4.78, 5) is 0. The topological polar surface area (TPSA) is 95.2 Å². The Kier molecular flexibility index (Phi) is 6.49. The van der Waals surface area contributed by atoms with Gasteiger partial charge in [0, 0.05) is 6.42 Å². The average molecular weight is 186 g/mol. The number of hydrogen-bond donors (Lipinski definition) is 0. The molecule has 0 aliphatic carbocycles. The van der Waals surface area contributed by atoms with Crippen LogP contribution in [0, 0.1) is 57.2 Å². The molecule has 0 amide bonds. The van der Waals surface area contributed by atoms with Crippen LogP contribution in [0.5, 0.6) is 0 Å². The van der Waals surface area contributed by atoms with E-state index in [1.165, 1.54) is 0 Å². The molecule has 0 fully saturated rings. The Labute approximate surface area is 83.6 Å². The summed E-state index contributed by atoms with van der Waals surface area (Å²) in [5.41, 5.74) is 0. The van der Waals surface area contributed by atoms with Crippen molar-refractivity contribution in [3.63, 3.8) is 0 Å². The first kappa shape index (κ1) is 12.0. The van der Waals surface area contributed by atoms with Crippen molar-refractivity contribution in [1.82, 2.24) is 0 Å². The molecule has 0 radical (unpaired) electrons. The SMILES string of the molecule is N#CCCCCC(C#N)C(C#N)C#N. The molecule has 4 nitrogen and oxygen atoms in total. The molecule has 0 aromatic heterocycles. The summed E-state index contributed by atoms with van der Waals surface area (Å²) < 4.78 is 0. The van der Waals surface area contributed by atoms with E-state index < -0.39 is 11.8 Å². The molecule has 0 bridgehead atoms. The van der Waals surface area contributed by atoms with E-state index in [1.807, 2.05) is 12.1 Å². The summed E-state index contributed by atoms with van der Waals surface area (Å²) in [7, 11) is 0. The predicted octanol–water partition coefficient (Wildman–Crippen LogP) is 1.87.